The van der Waals surface area contributed by atoms with Gasteiger partial charge >= 0.3 is 12.1 Å². The van der Waals surface area contributed by atoms with Crippen molar-refractivity contribution in [1.29, 1.82) is 0 Å². The van der Waals surface area contributed by atoms with Gasteiger partial charge in [0.15, 0.2) is 0 Å². The molecule has 0 spiro atoms. The van der Waals surface area contributed by atoms with Gasteiger partial charge in [-0.25, -0.2) is 0 Å². The topological polar surface area (TPSA) is 74.7 Å². The van der Waals surface area contributed by atoms with E-state index in [1.54, 1.807) is 0 Å². The number of nitrogens with one attached hydrogen (secondary N) is 1. The summed E-state index contributed by atoms with van der Waals surface area (Å²) in [6, 6.07) is 2.83. The Balaban J connectivity index is 2.30. The number of amides is 2. The van der Waals surface area contributed by atoms with Crippen LogP contribution >= 0.6 is 0 Å². The van der Waals surface area contributed by atoms with E-state index >= 15 is 0 Å². The number of benzene rings is 1. The fraction of sp³-hybridized carbons (Fsp3) is 0.0909. The van der Waals surface area contributed by atoms with Gasteiger partial charge in [0.05, 0.1) is 11.1 Å². The summed E-state index contributed by atoms with van der Waals surface area (Å²) in [5.74, 6) is -1.53. The van der Waals surface area contributed by atoms with Crippen LogP contribution in [0.4, 0.5) is 13.2 Å². The van der Waals surface area contributed by atoms with Gasteiger partial charge in [0.1, 0.15) is 5.69 Å². The van der Waals surface area contributed by atoms with E-state index < -0.39 is 23.6 Å². The van der Waals surface area contributed by atoms with Crippen molar-refractivity contribution < 1.29 is 22.8 Å². The molecule has 0 saturated carbocycles. The molecule has 2 amide bonds. The molecule has 0 fully saturated rings. The summed E-state index contributed by atoms with van der Waals surface area (Å²) in [7, 11) is 0. The third-order valence-corrected chi connectivity index (χ3v) is 2.79. The Labute approximate surface area is 103 Å². The Hall–Kier alpha value is -2.51. The van der Waals surface area contributed by atoms with E-state index in [4.69, 9.17) is 0 Å². The highest BCUT2D eigenvalue weighted by Crippen LogP contribution is 2.33. The van der Waals surface area contributed by atoms with E-state index in [-0.39, 0.29) is 22.2 Å². The summed E-state index contributed by atoms with van der Waals surface area (Å²) in [5, 5.41) is 6.46. The second-order valence-electron chi connectivity index (χ2n) is 3.94. The molecule has 0 bridgehead atoms. The lowest BCUT2D eigenvalue weighted by molar-refractivity contribution is -0.137. The summed E-state index contributed by atoms with van der Waals surface area (Å²) in [6.45, 7) is 0. The van der Waals surface area contributed by atoms with Gasteiger partial charge in [-0.15, -0.1) is 10.2 Å². The van der Waals surface area contributed by atoms with E-state index in [0.717, 1.165) is 18.2 Å². The molecule has 8 heteroatoms. The van der Waals surface area contributed by atoms with Crippen molar-refractivity contribution in [1.82, 2.24) is 4.98 Å². The number of rotatable bonds is 0. The van der Waals surface area contributed by atoms with Crippen LogP contribution in [0.3, 0.4) is 0 Å². The summed E-state index contributed by atoms with van der Waals surface area (Å²) in [5.41, 5.74) is -0.987. The highest BCUT2D eigenvalue weighted by atomic mass is 19.4. The van der Waals surface area contributed by atoms with Gasteiger partial charge in [-0.05, 0) is 12.1 Å². The van der Waals surface area contributed by atoms with Crippen molar-refractivity contribution in [3.05, 3.63) is 35.0 Å². The van der Waals surface area contributed by atoms with E-state index in [1.807, 2.05) is 0 Å². The highest BCUT2D eigenvalue weighted by Gasteiger charge is 2.32. The van der Waals surface area contributed by atoms with E-state index in [9.17, 15) is 22.8 Å². The second kappa shape index (κ2) is 3.50. The maximum absolute atomic E-state index is 12.6. The predicted octanol–water partition coefficient (Wildman–Crippen LogP) is 2.93. The zero-order valence-corrected chi connectivity index (χ0v) is 9.08. The van der Waals surface area contributed by atoms with Crippen LogP contribution < -0.4 is 0 Å². The third kappa shape index (κ3) is 1.64. The van der Waals surface area contributed by atoms with Gasteiger partial charge in [0, 0.05) is 10.9 Å². The number of fused-ring (bicyclic) bond motifs is 3. The molecule has 0 atom stereocenters. The Morgan fingerprint density at radius 2 is 1.74 bits per heavy atom. The van der Waals surface area contributed by atoms with Gasteiger partial charge in [-0.2, -0.15) is 13.2 Å². The smallest absolute Gasteiger partial charge is 0.350 e. The summed E-state index contributed by atoms with van der Waals surface area (Å²) < 4.78 is 37.7. The Bertz CT molecular complexity index is 758. The normalized spacial score (nSPS) is 15.1. The van der Waals surface area contributed by atoms with E-state index in [1.165, 1.54) is 0 Å². The number of carbonyl (C=O) groups is 2. The number of nitrogens with zero attached hydrogens (tertiary/aromatic N) is 2. The fourth-order valence-corrected chi connectivity index (χ4v) is 1.95. The number of aromatic nitrogens is 1. The molecule has 2 heterocycles. The minimum Gasteiger partial charge on any atom is -0.350 e. The van der Waals surface area contributed by atoms with Gasteiger partial charge in [0.2, 0.25) is 0 Å². The first-order valence-electron chi connectivity index (χ1n) is 5.11. The third-order valence-electron chi connectivity index (χ3n) is 2.79. The van der Waals surface area contributed by atoms with Crippen LogP contribution in [-0.2, 0) is 6.18 Å². The van der Waals surface area contributed by atoms with Crippen LogP contribution in [0.25, 0.3) is 10.9 Å². The molecule has 1 aromatic carbocycles. The first kappa shape index (κ1) is 11.6. The Morgan fingerprint density at radius 3 is 2.42 bits per heavy atom. The number of azo groups is 1. The quantitative estimate of drug-likeness (QED) is 0.796. The molecule has 2 aromatic rings. The minimum absolute atomic E-state index is 0.0382. The molecule has 19 heavy (non-hydrogen) atoms. The lowest BCUT2D eigenvalue weighted by atomic mass is 10.1. The van der Waals surface area contributed by atoms with Gasteiger partial charge in [0.25, 0.3) is 5.91 Å². The van der Waals surface area contributed by atoms with Crippen LogP contribution in [0.15, 0.2) is 28.4 Å². The van der Waals surface area contributed by atoms with Gasteiger partial charge in [-0.1, -0.05) is 6.07 Å². The SMILES string of the molecule is O=C1N=NC(=O)c2c1[nH]c1cc(C(F)(F)F)ccc21. The molecule has 1 N–H and O–H groups in total. The maximum atomic E-state index is 12.6. The van der Waals surface area contributed by atoms with Crippen molar-refractivity contribution >= 4 is 22.7 Å². The first-order valence-corrected chi connectivity index (χ1v) is 5.11. The molecule has 1 aliphatic heterocycles. The molecule has 0 radical (unpaired) electrons. The van der Waals surface area contributed by atoms with Crippen molar-refractivity contribution in [3.63, 3.8) is 0 Å². The molecule has 96 valence electrons. The van der Waals surface area contributed by atoms with Crippen LogP contribution in [0.2, 0.25) is 0 Å². The number of aromatic amines is 1. The maximum Gasteiger partial charge on any atom is 0.416 e. The zero-order valence-electron chi connectivity index (χ0n) is 9.08. The summed E-state index contributed by atoms with van der Waals surface area (Å²) in [4.78, 5) is 25.4. The summed E-state index contributed by atoms with van der Waals surface area (Å²) >= 11 is 0. The van der Waals surface area contributed by atoms with Gasteiger partial charge in [-0.3, -0.25) is 9.59 Å². The average Bonchev–Trinajstić information content (AvgIpc) is 2.72. The minimum atomic E-state index is -4.50. The van der Waals surface area contributed by atoms with Crippen molar-refractivity contribution in [2.45, 2.75) is 6.18 Å². The molecular weight excluding hydrogens is 263 g/mol. The van der Waals surface area contributed by atoms with Crippen LogP contribution in [0.1, 0.15) is 26.4 Å². The second-order valence-corrected chi connectivity index (χ2v) is 3.94. The largest absolute Gasteiger partial charge is 0.416 e. The van der Waals surface area contributed by atoms with Crippen molar-refractivity contribution in [3.8, 4) is 0 Å². The van der Waals surface area contributed by atoms with Crippen molar-refractivity contribution in [2.75, 3.05) is 0 Å². The fourth-order valence-electron chi connectivity index (χ4n) is 1.95. The number of H-pyrrole nitrogens is 1. The zero-order chi connectivity index (χ0) is 13.8. The number of hydrogen-bond acceptors (Lipinski definition) is 2. The standard InChI is InChI=1S/C11H4F3N3O2/c12-11(13,14)4-1-2-5-6(3-4)15-8-7(5)9(18)16-17-10(8)19/h1-3,15H. The molecule has 5 nitrogen and oxygen atoms in total. The number of alkyl halides is 3. The Morgan fingerprint density at radius 1 is 1.05 bits per heavy atom. The first-order chi connectivity index (χ1) is 8.88. The predicted molar refractivity (Wildman–Crippen MR) is 56.8 cm³/mol. The molecule has 0 unspecified atom stereocenters. The molecule has 0 saturated heterocycles. The van der Waals surface area contributed by atoms with E-state index in [0.29, 0.717) is 0 Å². The number of carbonyl (C=O) groups excluding carboxylic acids is 2. The highest BCUT2D eigenvalue weighted by molar-refractivity contribution is 6.18. The lowest BCUT2D eigenvalue weighted by Crippen LogP contribution is -2.09. The number of halogens is 3. The lowest BCUT2D eigenvalue weighted by Gasteiger charge is -2.05. The average molecular weight is 267 g/mol. The molecule has 0 aliphatic carbocycles. The van der Waals surface area contributed by atoms with Crippen LogP contribution in [0.5, 0.6) is 0 Å². The Kier molecular flexibility index (Phi) is 2.13. The molecule has 1 aromatic heterocycles. The molecule has 3 rings (SSSR count). The van der Waals surface area contributed by atoms with Gasteiger partial charge < -0.3 is 4.98 Å². The van der Waals surface area contributed by atoms with Crippen LogP contribution in [-0.4, -0.2) is 16.8 Å². The monoisotopic (exact) mass is 267 g/mol. The molecular formula is C11H4F3N3O2. The summed E-state index contributed by atoms with van der Waals surface area (Å²) in [6.07, 6.45) is -4.50. The molecule has 1 aliphatic rings. The van der Waals surface area contributed by atoms with Crippen molar-refractivity contribution in [2.24, 2.45) is 10.2 Å². The van der Waals surface area contributed by atoms with E-state index in [2.05, 4.69) is 15.2 Å². The van der Waals surface area contributed by atoms with Crippen LogP contribution in [0, 0.1) is 0 Å². The number of hydrogen-bond donors (Lipinski definition) is 1.